The third kappa shape index (κ3) is 6.09. The van der Waals surface area contributed by atoms with Gasteiger partial charge in [-0.15, -0.1) is 0 Å². The molecule has 3 rings (SSSR count). The maximum atomic E-state index is 12.7. The van der Waals surface area contributed by atoms with Crippen molar-refractivity contribution in [1.29, 1.82) is 0 Å². The van der Waals surface area contributed by atoms with Gasteiger partial charge in [0, 0.05) is 0 Å². The van der Waals surface area contributed by atoms with Gasteiger partial charge in [0.25, 0.3) is 0 Å². The Labute approximate surface area is 197 Å². The number of aliphatic hydroxyl groups is 1. The quantitative estimate of drug-likeness (QED) is 0.383. The fraction of sp³-hybridized carbons (Fsp3) is 0.222. The molecule has 0 atom stereocenters. The normalized spacial score (nSPS) is 11.9. The molecule has 0 heterocycles. The van der Waals surface area contributed by atoms with Crippen LogP contribution in [0, 0.1) is 0 Å². The Morgan fingerprint density at radius 3 is 2.22 bits per heavy atom. The van der Waals surface area contributed by atoms with E-state index in [1.54, 1.807) is 11.1 Å². The molecule has 4 nitrogen and oxygen atoms in total. The van der Waals surface area contributed by atoms with Crippen molar-refractivity contribution in [2.75, 3.05) is 13.2 Å². The van der Waals surface area contributed by atoms with Gasteiger partial charge in [-0.2, -0.15) is 0 Å². The Morgan fingerprint density at radius 1 is 0.969 bits per heavy atom. The molecule has 3 aromatic rings. The number of benzene rings is 3. The van der Waals surface area contributed by atoms with Gasteiger partial charge in [0.15, 0.2) is 0 Å². The van der Waals surface area contributed by atoms with E-state index in [2.05, 4.69) is 55.3 Å². The molecular formula is C27H28N2NiO2. The summed E-state index contributed by atoms with van der Waals surface area (Å²) in [4.78, 5) is 19.0. The van der Waals surface area contributed by atoms with Gasteiger partial charge in [-0.25, -0.2) is 0 Å². The number of nitrogens with one attached hydrogen (secondary N) is 1. The number of hydrogen-bond acceptors (Lipinski definition) is 3. The second-order valence-electron chi connectivity index (χ2n) is 8.53. The Kier molecular flexibility index (Phi) is 7.90. The summed E-state index contributed by atoms with van der Waals surface area (Å²) in [5, 5.41) is 11.8. The minimum atomic E-state index is -0.249. The first kappa shape index (κ1) is 23.8. The van der Waals surface area contributed by atoms with E-state index < -0.39 is 0 Å². The summed E-state index contributed by atoms with van der Waals surface area (Å²) < 4.78 is 0. The van der Waals surface area contributed by atoms with Crippen molar-refractivity contribution in [3.63, 3.8) is 0 Å². The van der Waals surface area contributed by atoms with Crippen LogP contribution in [-0.4, -0.2) is 34.9 Å². The van der Waals surface area contributed by atoms with Gasteiger partial charge in [-0.1, -0.05) is 0 Å². The Morgan fingerprint density at radius 2 is 1.62 bits per heavy atom. The number of aliphatic hydroxyl groups excluding tert-OH is 1. The van der Waals surface area contributed by atoms with E-state index >= 15 is 0 Å². The zero-order chi connectivity index (χ0) is 23.1. The van der Waals surface area contributed by atoms with E-state index in [1.165, 1.54) is 5.56 Å². The van der Waals surface area contributed by atoms with Crippen LogP contribution in [0.1, 0.15) is 42.3 Å². The molecule has 5 heteroatoms. The second-order valence-corrected chi connectivity index (χ2v) is 8.81. The van der Waals surface area contributed by atoms with Gasteiger partial charge in [0.2, 0.25) is 0 Å². The van der Waals surface area contributed by atoms with Crippen molar-refractivity contribution in [2.24, 2.45) is 4.99 Å². The van der Waals surface area contributed by atoms with Crippen LogP contribution in [0.5, 0.6) is 0 Å². The van der Waals surface area contributed by atoms with Crippen LogP contribution in [0.3, 0.4) is 0 Å². The zero-order valence-corrected chi connectivity index (χ0v) is 19.5. The first-order chi connectivity index (χ1) is 15.3. The van der Waals surface area contributed by atoms with Crippen molar-refractivity contribution in [3.8, 4) is 11.1 Å². The Bertz CT molecular complexity index is 1110. The van der Waals surface area contributed by atoms with Gasteiger partial charge in [0.1, 0.15) is 0 Å². The van der Waals surface area contributed by atoms with Crippen molar-refractivity contribution in [2.45, 2.75) is 26.2 Å². The van der Waals surface area contributed by atoms with Crippen LogP contribution in [0.2, 0.25) is 0 Å². The molecule has 0 aromatic heterocycles. The molecule has 0 saturated heterocycles. The predicted octanol–water partition coefficient (Wildman–Crippen LogP) is 4.84. The topological polar surface area (TPSA) is 61.7 Å². The summed E-state index contributed by atoms with van der Waals surface area (Å²) in [5.74, 6) is -0.249. The third-order valence-corrected chi connectivity index (χ3v) is 5.33. The molecule has 0 aliphatic carbocycles. The molecule has 0 unspecified atom stereocenters. The first-order valence-electron chi connectivity index (χ1n) is 10.5. The molecule has 0 fully saturated rings. The number of hydrogen-bond donors (Lipinski definition) is 2. The van der Waals surface area contributed by atoms with Crippen LogP contribution < -0.4 is 5.32 Å². The number of rotatable bonds is 7. The van der Waals surface area contributed by atoms with Crippen molar-refractivity contribution < 1.29 is 24.9 Å². The van der Waals surface area contributed by atoms with Crippen molar-refractivity contribution in [1.82, 2.24) is 5.32 Å². The fourth-order valence-electron chi connectivity index (χ4n) is 3.29. The number of carbonyl (C=O) groups is 1. The van der Waals surface area contributed by atoms with Crippen molar-refractivity contribution >= 4 is 22.3 Å². The van der Waals surface area contributed by atoms with E-state index in [0.29, 0.717) is 11.3 Å². The summed E-state index contributed by atoms with van der Waals surface area (Å²) in [7, 11) is 0. The number of carbonyl (C=O) groups excluding carboxylic acids is 1. The van der Waals surface area contributed by atoms with Crippen LogP contribution in [0.25, 0.3) is 11.1 Å². The molecule has 0 saturated carbocycles. The monoisotopic (exact) mass is 470 g/mol. The van der Waals surface area contributed by atoms with Crippen LogP contribution in [-0.2, 0) is 20.4 Å². The average molecular weight is 471 g/mol. The second kappa shape index (κ2) is 10.6. The van der Waals surface area contributed by atoms with Crippen LogP contribution >= 0.6 is 0 Å². The van der Waals surface area contributed by atoms with Gasteiger partial charge in [-0.3, -0.25) is 0 Å². The molecule has 0 aliphatic rings. The predicted molar refractivity (Wildman–Crippen MR) is 129 cm³/mol. The maximum absolute atomic E-state index is 12.7. The summed E-state index contributed by atoms with van der Waals surface area (Å²) in [6, 6.07) is 23.6. The summed E-state index contributed by atoms with van der Waals surface area (Å²) in [5.41, 5.74) is 5.89. The van der Waals surface area contributed by atoms with E-state index in [9.17, 15) is 4.79 Å². The Hall–Kier alpha value is -2.88. The van der Waals surface area contributed by atoms with E-state index in [4.69, 9.17) is 20.1 Å². The number of para-hydroxylation sites is 1. The molecule has 0 radical (unpaired) electrons. The van der Waals surface area contributed by atoms with Gasteiger partial charge in [0.05, 0.1) is 0 Å². The molecular weight excluding hydrogens is 443 g/mol. The molecule has 3 aromatic carbocycles. The van der Waals surface area contributed by atoms with Crippen molar-refractivity contribution in [3.05, 3.63) is 89.5 Å². The molecule has 0 bridgehead atoms. The van der Waals surface area contributed by atoms with Gasteiger partial charge >= 0.3 is 197 Å². The van der Waals surface area contributed by atoms with Crippen LogP contribution in [0.4, 0.5) is 5.69 Å². The molecule has 32 heavy (non-hydrogen) atoms. The molecule has 0 spiro atoms. The molecule has 0 aliphatic heterocycles. The minimum absolute atomic E-state index is 0.0594. The van der Waals surface area contributed by atoms with E-state index in [0.717, 1.165) is 22.4 Å². The number of amides is 1. The SMILES string of the molecule is CC(C)(C)c1ccc(-c2cc(C(=O)NCCO)cc(C([CH]=[Ni])=Nc3ccccc3)c2)cc1. The van der Waals surface area contributed by atoms with E-state index in [-0.39, 0.29) is 24.5 Å². The average Bonchev–Trinajstić information content (AvgIpc) is 2.80. The van der Waals surface area contributed by atoms with Crippen LogP contribution in [0.15, 0.2) is 77.8 Å². The standard InChI is InChI=1S/C27H28N2O2.Ni/c1-19(29-25-8-6-5-7-9-25)21-16-22(18-23(17-21)26(31)28-14-15-30)20-10-12-24(13-11-20)27(2,3)4;/h1,5-13,16-18,30H,14-15H2,2-4H3,(H,28,31);. The van der Waals surface area contributed by atoms with E-state index in [1.807, 2.05) is 42.5 Å². The van der Waals surface area contributed by atoms with Gasteiger partial charge < -0.3 is 0 Å². The fourth-order valence-corrected chi connectivity index (χ4v) is 3.52. The van der Waals surface area contributed by atoms with Gasteiger partial charge in [-0.05, 0) is 0 Å². The third-order valence-electron chi connectivity index (χ3n) is 5.06. The summed E-state index contributed by atoms with van der Waals surface area (Å²) in [6.07, 6.45) is 0. The summed E-state index contributed by atoms with van der Waals surface area (Å²) in [6.45, 7) is 6.62. The molecule has 1 amide bonds. The Balaban J connectivity index is 2.10. The zero-order valence-electron chi connectivity index (χ0n) is 18.5. The number of aliphatic imine (C=N–C) groups is 1. The molecule has 168 valence electrons. The molecule has 2 N–H and O–H groups in total. The summed E-state index contributed by atoms with van der Waals surface area (Å²) >= 11 is 4.93. The first-order valence-corrected chi connectivity index (χ1v) is 11.1. The number of nitrogens with zero attached hydrogens (tertiary/aromatic N) is 1.